The minimum Gasteiger partial charge on any atom is -0.508 e. The molecule has 0 spiro atoms. The number of hydrazine groups is 1. The molecule has 0 fully saturated rings. The number of nitrogens with one attached hydrogen (secondary N) is 2. The number of benzene rings is 2. The molecule has 0 bridgehead atoms. The lowest BCUT2D eigenvalue weighted by atomic mass is 10.1. The predicted molar refractivity (Wildman–Crippen MR) is 78.6 cm³/mol. The Labute approximate surface area is 122 Å². The van der Waals surface area contributed by atoms with Crippen LogP contribution in [0.1, 0.15) is 21.5 Å². The van der Waals surface area contributed by atoms with Gasteiger partial charge in [0.15, 0.2) is 0 Å². The van der Waals surface area contributed by atoms with Crippen molar-refractivity contribution < 1.29 is 14.7 Å². The third kappa shape index (κ3) is 4.35. The molecule has 2 amide bonds. The molecule has 21 heavy (non-hydrogen) atoms. The summed E-state index contributed by atoms with van der Waals surface area (Å²) >= 11 is 0. The highest BCUT2D eigenvalue weighted by molar-refractivity contribution is 5.95. The minimum atomic E-state index is -0.376. The molecule has 0 aliphatic heterocycles. The maximum absolute atomic E-state index is 11.8. The second-order valence-corrected chi connectivity index (χ2v) is 4.72. The van der Waals surface area contributed by atoms with Gasteiger partial charge in [0, 0.05) is 5.56 Å². The van der Waals surface area contributed by atoms with Crippen LogP contribution in [0.15, 0.2) is 48.5 Å². The number of carbonyl (C=O) groups is 2. The van der Waals surface area contributed by atoms with E-state index in [1.54, 1.807) is 24.3 Å². The van der Waals surface area contributed by atoms with Gasteiger partial charge in [0.25, 0.3) is 5.91 Å². The molecular weight excluding hydrogens is 268 g/mol. The zero-order chi connectivity index (χ0) is 15.2. The molecule has 0 aliphatic carbocycles. The first kappa shape index (κ1) is 14.6. The van der Waals surface area contributed by atoms with Crippen molar-refractivity contribution in [2.75, 3.05) is 0 Å². The van der Waals surface area contributed by atoms with Gasteiger partial charge in [-0.25, -0.2) is 0 Å². The van der Waals surface area contributed by atoms with Crippen LogP contribution in [0, 0.1) is 6.92 Å². The van der Waals surface area contributed by atoms with Crippen LogP contribution in [0.5, 0.6) is 5.75 Å². The molecule has 0 saturated carbocycles. The third-order valence-corrected chi connectivity index (χ3v) is 2.90. The monoisotopic (exact) mass is 284 g/mol. The Morgan fingerprint density at radius 3 is 2.43 bits per heavy atom. The van der Waals surface area contributed by atoms with Gasteiger partial charge in [-0.15, -0.1) is 0 Å². The van der Waals surface area contributed by atoms with Crippen LogP contribution >= 0.6 is 0 Å². The SMILES string of the molecule is Cc1ccc(C(=O)NNC(=O)Cc2cccc(O)c2)cc1. The molecule has 5 heteroatoms. The molecular formula is C16H16N2O3. The summed E-state index contributed by atoms with van der Waals surface area (Å²) in [4.78, 5) is 23.5. The van der Waals surface area contributed by atoms with Crippen molar-refractivity contribution >= 4 is 11.8 Å². The minimum absolute atomic E-state index is 0.0720. The van der Waals surface area contributed by atoms with Gasteiger partial charge < -0.3 is 5.11 Å². The maximum atomic E-state index is 11.8. The van der Waals surface area contributed by atoms with Crippen molar-refractivity contribution in [1.29, 1.82) is 0 Å². The molecule has 0 atom stereocenters. The van der Waals surface area contributed by atoms with Crippen molar-refractivity contribution in [3.63, 3.8) is 0 Å². The van der Waals surface area contributed by atoms with Gasteiger partial charge in [-0.05, 0) is 36.8 Å². The van der Waals surface area contributed by atoms with Gasteiger partial charge in [0.1, 0.15) is 5.75 Å². The molecule has 0 radical (unpaired) electrons. The molecule has 2 rings (SSSR count). The Hall–Kier alpha value is -2.82. The number of hydrogen-bond donors (Lipinski definition) is 3. The molecule has 2 aromatic carbocycles. The van der Waals surface area contributed by atoms with Crippen LogP contribution in [0.25, 0.3) is 0 Å². The summed E-state index contributed by atoms with van der Waals surface area (Å²) in [7, 11) is 0. The van der Waals surface area contributed by atoms with Gasteiger partial charge in [-0.3, -0.25) is 20.4 Å². The van der Waals surface area contributed by atoms with E-state index < -0.39 is 0 Å². The molecule has 0 saturated heterocycles. The predicted octanol–water partition coefficient (Wildman–Crippen LogP) is 1.70. The van der Waals surface area contributed by atoms with E-state index in [1.807, 2.05) is 19.1 Å². The lowest BCUT2D eigenvalue weighted by Gasteiger charge is -2.08. The van der Waals surface area contributed by atoms with E-state index in [2.05, 4.69) is 10.9 Å². The molecule has 5 nitrogen and oxygen atoms in total. The van der Waals surface area contributed by atoms with E-state index >= 15 is 0 Å². The number of amides is 2. The van der Waals surface area contributed by atoms with Crippen molar-refractivity contribution in [1.82, 2.24) is 10.9 Å². The molecule has 0 aliphatic rings. The van der Waals surface area contributed by atoms with E-state index in [1.165, 1.54) is 12.1 Å². The quantitative estimate of drug-likeness (QED) is 0.751. The van der Waals surface area contributed by atoms with Crippen molar-refractivity contribution in [3.05, 3.63) is 65.2 Å². The van der Waals surface area contributed by atoms with Crippen LogP contribution < -0.4 is 10.9 Å². The average Bonchev–Trinajstić information content (AvgIpc) is 2.45. The summed E-state index contributed by atoms with van der Waals surface area (Å²) in [5, 5.41) is 9.31. The maximum Gasteiger partial charge on any atom is 0.269 e. The number of aromatic hydroxyl groups is 1. The fourth-order valence-corrected chi connectivity index (χ4v) is 1.80. The first-order chi connectivity index (χ1) is 10.0. The second-order valence-electron chi connectivity index (χ2n) is 4.72. The highest BCUT2D eigenvalue weighted by Crippen LogP contribution is 2.11. The Kier molecular flexibility index (Phi) is 4.56. The number of phenols is 1. The summed E-state index contributed by atoms with van der Waals surface area (Å²) in [6, 6.07) is 13.4. The Morgan fingerprint density at radius 1 is 1.05 bits per heavy atom. The molecule has 0 aromatic heterocycles. The van der Waals surface area contributed by atoms with Gasteiger partial charge in [-0.2, -0.15) is 0 Å². The Balaban J connectivity index is 1.86. The average molecular weight is 284 g/mol. The topological polar surface area (TPSA) is 78.4 Å². The van der Waals surface area contributed by atoms with E-state index in [4.69, 9.17) is 0 Å². The highest BCUT2D eigenvalue weighted by Gasteiger charge is 2.08. The van der Waals surface area contributed by atoms with E-state index in [9.17, 15) is 14.7 Å². The smallest absolute Gasteiger partial charge is 0.269 e. The van der Waals surface area contributed by atoms with Gasteiger partial charge >= 0.3 is 0 Å². The molecule has 3 N–H and O–H groups in total. The summed E-state index contributed by atoms with van der Waals surface area (Å²) in [5.74, 6) is -0.635. The fourth-order valence-electron chi connectivity index (χ4n) is 1.80. The lowest BCUT2D eigenvalue weighted by molar-refractivity contribution is -0.121. The van der Waals surface area contributed by atoms with Crippen LogP contribution in [0.4, 0.5) is 0 Å². The zero-order valence-electron chi connectivity index (χ0n) is 11.6. The summed E-state index contributed by atoms with van der Waals surface area (Å²) in [6.07, 6.45) is 0.0720. The van der Waals surface area contributed by atoms with Gasteiger partial charge in [-0.1, -0.05) is 29.8 Å². The number of rotatable bonds is 3. The highest BCUT2D eigenvalue weighted by atomic mass is 16.3. The van der Waals surface area contributed by atoms with Crippen LogP contribution in [0.2, 0.25) is 0 Å². The molecule has 2 aromatic rings. The van der Waals surface area contributed by atoms with Crippen LogP contribution in [-0.2, 0) is 11.2 Å². The van der Waals surface area contributed by atoms with Gasteiger partial charge in [0.2, 0.25) is 5.91 Å². The summed E-state index contributed by atoms with van der Waals surface area (Å²) in [6.45, 7) is 1.93. The largest absolute Gasteiger partial charge is 0.508 e. The van der Waals surface area contributed by atoms with Crippen molar-refractivity contribution in [3.8, 4) is 5.75 Å². The normalized spacial score (nSPS) is 9.95. The number of carbonyl (C=O) groups excluding carboxylic acids is 2. The number of hydrogen-bond acceptors (Lipinski definition) is 3. The van der Waals surface area contributed by atoms with Gasteiger partial charge in [0.05, 0.1) is 6.42 Å². The lowest BCUT2D eigenvalue weighted by Crippen LogP contribution is -2.42. The van der Waals surface area contributed by atoms with Crippen LogP contribution in [-0.4, -0.2) is 16.9 Å². The van der Waals surface area contributed by atoms with Crippen LogP contribution in [0.3, 0.4) is 0 Å². The number of aryl methyl sites for hydroxylation is 1. The van der Waals surface area contributed by atoms with E-state index in [-0.39, 0.29) is 24.0 Å². The van der Waals surface area contributed by atoms with Crippen molar-refractivity contribution in [2.24, 2.45) is 0 Å². The third-order valence-electron chi connectivity index (χ3n) is 2.90. The Morgan fingerprint density at radius 2 is 1.76 bits per heavy atom. The fraction of sp³-hybridized carbons (Fsp3) is 0.125. The second kappa shape index (κ2) is 6.56. The zero-order valence-corrected chi connectivity index (χ0v) is 11.6. The molecule has 0 heterocycles. The first-order valence-electron chi connectivity index (χ1n) is 6.48. The summed E-state index contributed by atoms with van der Waals surface area (Å²) < 4.78 is 0. The molecule has 0 unspecified atom stereocenters. The van der Waals surface area contributed by atoms with Crippen molar-refractivity contribution in [2.45, 2.75) is 13.3 Å². The summed E-state index contributed by atoms with van der Waals surface area (Å²) in [5.41, 5.74) is 6.89. The van der Waals surface area contributed by atoms with E-state index in [0.29, 0.717) is 11.1 Å². The Bertz CT molecular complexity index is 651. The standard InChI is InChI=1S/C16H16N2O3/c1-11-5-7-13(8-6-11)16(21)18-17-15(20)10-12-3-2-4-14(19)9-12/h2-9,19H,10H2,1H3,(H,17,20)(H,18,21). The molecule has 108 valence electrons. The van der Waals surface area contributed by atoms with E-state index in [0.717, 1.165) is 5.56 Å². The first-order valence-corrected chi connectivity index (χ1v) is 6.48. The number of phenolic OH excluding ortho intramolecular Hbond substituents is 1.